The largest absolute Gasteiger partial charge is 0.353 e. The molecule has 0 saturated carbocycles. The number of hydrogen-bond acceptors (Lipinski definition) is 3. The molecule has 2 N–H and O–H groups in total. The SMILES string of the molecule is CN=C(NCc1ccc(C)c(F)c1)NC1CCS(=O)(=O)C1. The summed E-state index contributed by atoms with van der Waals surface area (Å²) in [5.74, 6) is 0.634. The average Bonchev–Trinajstić information content (AvgIpc) is 2.77. The van der Waals surface area contributed by atoms with Gasteiger partial charge in [-0.3, -0.25) is 4.99 Å². The highest BCUT2D eigenvalue weighted by molar-refractivity contribution is 7.91. The van der Waals surface area contributed by atoms with Crippen molar-refractivity contribution in [3.05, 3.63) is 35.1 Å². The van der Waals surface area contributed by atoms with Crippen LogP contribution in [0.15, 0.2) is 23.2 Å². The second-order valence-electron chi connectivity index (χ2n) is 5.25. The summed E-state index contributed by atoms with van der Waals surface area (Å²) < 4.78 is 36.3. The molecule has 1 aliphatic heterocycles. The Morgan fingerprint density at radius 2 is 2.24 bits per heavy atom. The van der Waals surface area contributed by atoms with Crippen LogP contribution in [0.25, 0.3) is 0 Å². The molecule has 0 amide bonds. The summed E-state index contributed by atoms with van der Waals surface area (Å²) >= 11 is 0. The minimum absolute atomic E-state index is 0.115. The zero-order valence-corrected chi connectivity index (χ0v) is 13.0. The molecule has 0 bridgehead atoms. The van der Waals surface area contributed by atoms with E-state index in [9.17, 15) is 12.8 Å². The molecule has 1 aliphatic rings. The molecular weight excluding hydrogens is 293 g/mol. The highest BCUT2D eigenvalue weighted by Gasteiger charge is 2.28. The van der Waals surface area contributed by atoms with Gasteiger partial charge in [0.05, 0.1) is 11.5 Å². The van der Waals surface area contributed by atoms with E-state index in [4.69, 9.17) is 0 Å². The van der Waals surface area contributed by atoms with Crippen molar-refractivity contribution in [1.29, 1.82) is 0 Å². The van der Waals surface area contributed by atoms with Crippen molar-refractivity contribution < 1.29 is 12.8 Å². The molecule has 0 spiro atoms. The Balaban J connectivity index is 1.90. The molecule has 116 valence electrons. The molecule has 0 aromatic heterocycles. The van der Waals surface area contributed by atoms with Crippen LogP contribution in [-0.2, 0) is 16.4 Å². The van der Waals surface area contributed by atoms with E-state index in [1.165, 1.54) is 6.07 Å². The summed E-state index contributed by atoms with van der Waals surface area (Å²) in [6.45, 7) is 2.14. The number of hydrogen-bond donors (Lipinski definition) is 2. The molecular formula is C14H20FN3O2S. The Labute approximate surface area is 124 Å². The number of halogens is 1. The fourth-order valence-electron chi connectivity index (χ4n) is 2.23. The fourth-order valence-corrected chi connectivity index (χ4v) is 3.90. The van der Waals surface area contributed by atoms with Crippen molar-refractivity contribution in [3.63, 3.8) is 0 Å². The second kappa shape index (κ2) is 6.43. The lowest BCUT2D eigenvalue weighted by molar-refractivity contribution is 0.599. The average molecular weight is 313 g/mol. The number of nitrogens with zero attached hydrogens (tertiary/aromatic N) is 1. The minimum atomic E-state index is -2.92. The van der Waals surface area contributed by atoms with Gasteiger partial charge in [-0.1, -0.05) is 12.1 Å². The third-order valence-corrected chi connectivity index (χ3v) is 5.26. The van der Waals surface area contributed by atoms with Gasteiger partial charge in [0.2, 0.25) is 0 Å². The second-order valence-corrected chi connectivity index (χ2v) is 7.48. The van der Waals surface area contributed by atoms with Crippen molar-refractivity contribution in [1.82, 2.24) is 10.6 Å². The van der Waals surface area contributed by atoms with Gasteiger partial charge in [-0.15, -0.1) is 0 Å². The first-order chi connectivity index (χ1) is 9.89. The van der Waals surface area contributed by atoms with Crippen LogP contribution in [0.5, 0.6) is 0 Å². The van der Waals surface area contributed by atoms with Gasteiger partial charge in [-0.25, -0.2) is 12.8 Å². The molecule has 1 aromatic carbocycles. The summed E-state index contributed by atoms with van der Waals surface area (Å²) in [4.78, 5) is 4.06. The van der Waals surface area contributed by atoms with E-state index in [2.05, 4.69) is 15.6 Å². The molecule has 21 heavy (non-hydrogen) atoms. The summed E-state index contributed by atoms with van der Waals surface area (Å²) in [5.41, 5.74) is 1.41. The topological polar surface area (TPSA) is 70.6 Å². The Bertz CT molecular complexity index is 644. The van der Waals surface area contributed by atoms with Crippen LogP contribution in [0, 0.1) is 12.7 Å². The van der Waals surface area contributed by atoms with Crippen molar-refractivity contribution in [3.8, 4) is 0 Å². The summed E-state index contributed by atoms with van der Waals surface area (Å²) in [7, 11) is -1.30. The van der Waals surface area contributed by atoms with Crippen LogP contribution in [0.2, 0.25) is 0 Å². The van der Waals surface area contributed by atoms with E-state index in [-0.39, 0.29) is 23.4 Å². The number of aliphatic imine (C=N–C) groups is 1. The molecule has 1 atom stereocenters. The van der Waals surface area contributed by atoms with Gasteiger partial charge in [-0.2, -0.15) is 0 Å². The summed E-state index contributed by atoms with van der Waals surface area (Å²) in [6, 6.07) is 4.94. The molecule has 1 saturated heterocycles. The van der Waals surface area contributed by atoms with Crippen molar-refractivity contribution in [2.45, 2.75) is 25.9 Å². The minimum Gasteiger partial charge on any atom is -0.353 e. The number of sulfone groups is 1. The van der Waals surface area contributed by atoms with Crippen molar-refractivity contribution in [2.75, 3.05) is 18.6 Å². The maximum atomic E-state index is 13.5. The third-order valence-electron chi connectivity index (χ3n) is 3.49. The van der Waals surface area contributed by atoms with E-state index in [1.807, 2.05) is 6.07 Å². The lowest BCUT2D eigenvalue weighted by atomic mass is 10.1. The Hall–Kier alpha value is -1.63. The number of aryl methyl sites for hydroxylation is 1. The molecule has 1 unspecified atom stereocenters. The normalized spacial score (nSPS) is 21.3. The highest BCUT2D eigenvalue weighted by atomic mass is 32.2. The van der Waals surface area contributed by atoms with Crippen molar-refractivity contribution in [2.24, 2.45) is 4.99 Å². The molecule has 5 nitrogen and oxygen atoms in total. The van der Waals surface area contributed by atoms with E-state index in [1.54, 1.807) is 20.0 Å². The number of benzene rings is 1. The first-order valence-corrected chi connectivity index (χ1v) is 8.64. The van der Waals surface area contributed by atoms with Crippen LogP contribution in [-0.4, -0.2) is 39.0 Å². The Morgan fingerprint density at radius 1 is 1.48 bits per heavy atom. The smallest absolute Gasteiger partial charge is 0.191 e. The monoisotopic (exact) mass is 313 g/mol. The first kappa shape index (κ1) is 15.8. The predicted molar refractivity (Wildman–Crippen MR) is 81.5 cm³/mol. The van der Waals surface area contributed by atoms with Gasteiger partial charge in [0, 0.05) is 19.6 Å². The zero-order chi connectivity index (χ0) is 15.5. The van der Waals surface area contributed by atoms with Crippen LogP contribution < -0.4 is 10.6 Å². The number of nitrogens with one attached hydrogen (secondary N) is 2. The molecule has 1 aromatic rings. The standard InChI is InChI=1S/C14H20FN3O2S/c1-10-3-4-11(7-13(10)15)8-17-14(16-2)18-12-5-6-21(19,20)9-12/h3-4,7,12H,5-6,8-9H2,1-2H3,(H2,16,17,18). The van der Waals surface area contributed by atoms with Crippen LogP contribution in [0.1, 0.15) is 17.5 Å². The number of guanidine groups is 1. The maximum absolute atomic E-state index is 13.5. The molecule has 0 aliphatic carbocycles. The van der Waals surface area contributed by atoms with Crippen LogP contribution >= 0.6 is 0 Å². The quantitative estimate of drug-likeness (QED) is 0.645. The van der Waals surface area contributed by atoms with Crippen molar-refractivity contribution >= 4 is 15.8 Å². The molecule has 1 fully saturated rings. The summed E-state index contributed by atoms with van der Waals surface area (Å²) in [6.07, 6.45) is 0.586. The Morgan fingerprint density at radius 3 is 2.81 bits per heavy atom. The fraction of sp³-hybridized carbons (Fsp3) is 0.500. The molecule has 0 radical (unpaired) electrons. The van der Waals surface area contributed by atoms with E-state index >= 15 is 0 Å². The van der Waals surface area contributed by atoms with E-state index in [0.717, 1.165) is 5.56 Å². The zero-order valence-electron chi connectivity index (χ0n) is 12.2. The highest BCUT2D eigenvalue weighted by Crippen LogP contribution is 2.11. The van der Waals surface area contributed by atoms with Gasteiger partial charge < -0.3 is 10.6 Å². The lowest BCUT2D eigenvalue weighted by Crippen LogP contribution is -2.43. The predicted octanol–water partition coefficient (Wildman–Crippen LogP) is 0.986. The maximum Gasteiger partial charge on any atom is 0.191 e. The van der Waals surface area contributed by atoms with Gasteiger partial charge in [0.1, 0.15) is 5.82 Å². The van der Waals surface area contributed by atoms with Gasteiger partial charge in [-0.05, 0) is 30.5 Å². The van der Waals surface area contributed by atoms with Crippen LogP contribution in [0.3, 0.4) is 0 Å². The van der Waals surface area contributed by atoms with E-state index in [0.29, 0.717) is 24.5 Å². The number of rotatable bonds is 3. The molecule has 7 heteroatoms. The lowest BCUT2D eigenvalue weighted by Gasteiger charge is -2.16. The summed E-state index contributed by atoms with van der Waals surface area (Å²) in [5, 5.41) is 6.15. The van der Waals surface area contributed by atoms with Gasteiger partial charge >= 0.3 is 0 Å². The van der Waals surface area contributed by atoms with Gasteiger partial charge in [0.25, 0.3) is 0 Å². The molecule has 1 heterocycles. The van der Waals surface area contributed by atoms with E-state index < -0.39 is 9.84 Å². The third kappa shape index (κ3) is 4.42. The molecule has 2 rings (SSSR count). The van der Waals surface area contributed by atoms with Gasteiger partial charge in [0.15, 0.2) is 15.8 Å². The first-order valence-electron chi connectivity index (χ1n) is 6.82. The van der Waals surface area contributed by atoms with Crippen LogP contribution in [0.4, 0.5) is 4.39 Å². The Kier molecular flexibility index (Phi) is 4.82.